The number of hydrogen-bond donors (Lipinski definition) is 1. The second-order valence-electron chi connectivity index (χ2n) is 5.08. The van der Waals surface area contributed by atoms with Crippen LogP contribution in [0.25, 0.3) is 0 Å². The number of benzene rings is 1. The van der Waals surface area contributed by atoms with E-state index in [2.05, 4.69) is 0 Å². The molecule has 0 fully saturated rings. The molecule has 0 radical (unpaired) electrons. The summed E-state index contributed by atoms with van der Waals surface area (Å²) in [5.41, 5.74) is 0. The van der Waals surface area contributed by atoms with Gasteiger partial charge in [-0.1, -0.05) is 18.2 Å². The van der Waals surface area contributed by atoms with Crippen molar-refractivity contribution in [3.63, 3.8) is 0 Å². The number of aromatic nitrogens is 2. The van der Waals surface area contributed by atoms with Gasteiger partial charge in [0, 0.05) is 0 Å². The molecule has 0 aliphatic rings. The first-order chi connectivity index (χ1) is 11.1. The number of nitrogens with zero attached hydrogens (tertiary/aromatic N) is 2. The van der Waals surface area contributed by atoms with Crippen molar-refractivity contribution < 1.29 is 30.5 Å². The number of hydrogen-bond acceptors (Lipinski definition) is 5. The molecule has 0 saturated carbocycles. The summed E-state index contributed by atoms with van der Waals surface area (Å²) in [5.74, 6) is -0.152. The zero-order chi connectivity index (χ0) is 18.2. The van der Waals surface area contributed by atoms with Gasteiger partial charge >= 0.3 is 0 Å². The predicted molar refractivity (Wildman–Crippen MR) is 85.7 cm³/mol. The van der Waals surface area contributed by atoms with E-state index < -0.39 is 20.2 Å². The first-order valence-corrected chi connectivity index (χ1v) is 10.1. The van der Waals surface area contributed by atoms with Crippen LogP contribution in [0.2, 0.25) is 0 Å². The third-order valence-corrected chi connectivity index (χ3v) is 4.58. The molecule has 10 heteroatoms. The first kappa shape index (κ1) is 20.3. The maximum Gasteiger partial charge on any atom is 0.264 e. The maximum atomic E-state index is 10.4. The van der Waals surface area contributed by atoms with Crippen LogP contribution in [0, 0.1) is 0 Å². The molecule has 8 nitrogen and oxygen atoms in total. The summed E-state index contributed by atoms with van der Waals surface area (Å²) in [6.45, 7) is 0.774. The van der Waals surface area contributed by atoms with Crippen molar-refractivity contribution in [2.45, 2.75) is 24.3 Å². The van der Waals surface area contributed by atoms with E-state index in [4.69, 9.17) is 4.55 Å². The zero-order valence-electron chi connectivity index (χ0n) is 13.1. The van der Waals surface area contributed by atoms with Crippen molar-refractivity contribution in [1.29, 1.82) is 0 Å². The van der Waals surface area contributed by atoms with Gasteiger partial charge in [0.15, 0.2) is 0 Å². The standard InChI is InChI=1S/C8H14N2O3S.C6H6O3S/c1-9-5-6-10(8-9)4-2-3-7-14(11,12)13;7-10(8,9)6-4-2-1-3-5-6/h5-6,8H,2-4,7H2,1H3;1-5H,(H,7,8,9). The van der Waals surface area contributed by atoms with E-state index in [9.17, 15) is 21.4 Å². The lowest BCUT2D eigenvalue weighted by atomic mass is 10.3. The molecule has 1 aromatic carbocycles. The molecule has 2 rings (SSSR count). The van der Waals surface area contributed by atoms with E-state index in [1.54, 1.807) is 6.07 Å². The van der Waals surface area contributed by atoms with Crippen molar-refractivity contribution in [1.82, 2.24) is 4.57 Å². The second-order valence-corrected chi connectivity index (χ2v) is 8.03. The Kier molecular flexibility index (Phi) is 7.55. The topological polar surface area (TPSA) is 120 Å². The quantitative estimate of drug-likeness (QED) is 0.447. The molecule has 0 unspecified atom stereocenters. The second kappa shape index (κ2) is 8.92. The number of unbranched alkanes of at least 4 members (excludes halogenated alkanes) is 1. The summed E-state index contributed by atoms with van der Waals surface area (Å²) in [7, 11) is -6.12. The van der Waals surface area contributed by atoms with Crippen LogP contribution in [0.3, 0.4) is 0 Å². The number of imidazole rings is 1. The molecule has 134 valence electrons. The monoisotopic (exact) mass is 376 g/mol. The van der Waals surface area contributed by atoms with Crippen LogP contribution in [0.5, 0.6) is 0 Å². The molecule has 1 heterocycles. The largest absolute Gasteiger partial charge is 0.744 e. The molecule has 1 aromatic heterocycles. The van der Waals surface area contributed by atoms with Gasteiger partial charge < -0.3 is 4.55 Å². The lowest BCUT2D eigenvalue weighted by molar-refractivity contribution is -0.696. The average molecular weight is 376 g/mol. The third kappa shape index (κ3) is 8.77. The Bertz CT molecular complexity index is 829. The van der Waals surface area contributed by atoms with Gasteiger partial charge in [-0.2, -0.15) is 8.42 Å². The van der Waals surface area contributed by atoms with E-state index in [1.165, 1.54) is 24.3 Å². The van der Waals surface area contributed by atoms with E-state index in [0.29, 0.717) is 6.42 Å². The molecular formula is C14H20N2O6S2. The molecule has 0 amide bonds. The smallest absolute Gasteiger partial charge is 0.264 e. The van der Waals surface area contributed by atoms with Crippen molar-refractivity contribution in [2.75, 3.05) is 5.75 Å². The Balaban J connectivity index is 0.000000254. The summed E-state index contributed by atoms with van der Waals surface area (Å²) in [4.78, 5) is -0.185. The van der Waals surface area contributed by atoms with Gasteiger partial charge in [-0.25, -0.2) is 17.6 Å². The lowest BCUT2D eigenvalue weighted by Gasteiger charge is -2.04. The van der Waals surface area contributed by atoms with Crippen LogP contribution in [0.4, 0.5) is 0 Å². The van der Waals surface area contributed by atoms with E-state index in [1.807, 2.05) is 34.9 Å². The summed E-state index contributed by atoms with van der Waals surface area (Å²) in [5, 5.41) is 0. The van der Waals surface area contributed by atoms with Crippen LogP contribution in [-0.4, -0.2) is 36.3 Å². The average Bonchev–Trinajstić information content (AvgIpc) is 2.89. The summed E-state index contributed by atoms with van der Waals surface area (Å²) in [6, 6.07) is 7.19. The van der Waals surface area contributed by atoms with Gasteiger partial charge in [-0.3, -0.25) is 4.55 Å². The van der Waals surface area contributed by atoms with E-state index in [0.717, 1.165) is 13.0 Å². The minimum Gasteiger partial charge on any atom is -0.744 e. The molecule has 24 heavy (non-hydrogen) atoms. The van der Waals surface area contributed by atoms with Gasteiger partial charge in [-0.15, -0.1) is 0 Å². The Labute approximate surface area is 141 Å². The van der Waals surface area contributed by atoms with Crippen molar-refractivity contribution >= 4 is 20.2 Å². The van der Waals surface area contributed by atoms with Crippen molar-refractivity contribution in [3.8, 4) is 0 Å². The summed E-state index contributed by atoms with van der Waals surface area (Å²) < 4.78 is 64.0. The Morgan fingerprint density at radius 2 is 1.75 bits per heavy atom. The third-order valence-electron chi connectivity index (χ3n) is 2.92. The molecule has 0 saturated heterocycles. The minimum absolute atomic E-state index is 0.152. The maximum absolute atomic E-state index is 10.4. The van der Waals surface area contributed by atoms with Crippen LogP contribution >= 0.6 is 0 Å². The molecule has 0 bridgehead atoms. The fourth-order valence-corrected chi connectivity index (χ4v) is 2.86. The van der Waals surface area contributed by atoms with Gasteiger partial charge in [0.05, 0.1) is 24.2 Å². The highest BCUT2D eigenvalue weighted by Crippen LogP contribution is 2.05. The fourth-order valence-electron chi connectivity index (χ4n) is 1.80. The SMILES string of the molecule is Cn1cc[n+](CCCCS(=O)(=O)O)c1.O=S(=O)([O-])c1ccccc1. The first-order valence-electron chi connectivity index (χ1n) is 7.05. The highest BCUT2D eigenvalue weighted by atomic mass is 32.2. The van der Waals surface area contributed by atoms with Gasteiger partial charge in [-0.05, 0) is 25.0 Å². The Hall–Kier alpha value is -1.75. The summed E-state index contributed by atoms with van der Waals surface area (Å²) in [6.07, 6.45) is 7.00. The fraction of sp³-hybridized carbons (Fsp3) is 0.357. The van der Waals surface area contributed by atoms with Gasteiger partial charge in [0.1, 0.15) is 22.5 Å². The lowest BCUT2D eigenvalue weighted by Crippen LogP contribution is -2.31. The number of rotatable bonds is 6. The minimum atomic E-state index is -4.25. The predicted octanol–water partition coefficient (Wildman–Crippen LogP) is 0.571. The van der Waals surface area contributed by atoms with Crippen LogP contribution < -0.4 is 4.57 Å². The van der Waals surface area contributed by atoms with Crippen LogP contribution in [0.15, 0.2) is 53.9 Å². The van der Waals surface area contributed by atoms with Crippen molar-refractivity contribution in [3.05, 3.63) is 49.1 Å². The molecular weight excluding hydrogens is 356 g/mol. The van der Waals surface area contributed by atoms with Gasteiger partial charge in [0.2, 0.25) is 6.33 Å². The van der Waals surface area contributed by atoms with Gasteiger partial charge in [0.25, 0.3) is 10.1 Å². The normalized spacial score (nSPS) is 11.6. The Morgan fingerprint density at radius 1 is 1.12 bits per heavy atom. The number of aryl methyl sites for hydroxylation is 2. The van der Waals surface area contributed by atoms with Crippen LogP contribution in [-0.2, 0) is 33.8 Å². The molecule has 0 spiro atoms. The summed E-state index contributed by atoms with van der Waals surface area (Å²) >= 11 is 0. The molecule has 0 aliphatic carbocycles. The van der Waals surface area contributed by atoms with E-state index >= 15 is 0 Å². The molecule has 0 atom stereocenters. The van der Waals surface area contributed by atoms with E-state index in [-0.39, 0.29) is 10.6 Å². The zero-order valence-corrected chi connectivity index (χ0v) is 14.8. The molecule has 0 aliphatic heterocycles. The highest BCUT2D eigenvalue weighted by Gasteiger charge is 2.05. The Morgan fingerprint density at radius 3 is 2.17 bits per heavy atom. The van der Waals surface area contributed by atoms with Crippen molar-refractivity contribution in [2.24, 2.45) is 7.05 Å². The highest BCUT2D eigenvalue weighted by molar-refractivity contribution is 7.86. The van der Waals surface area contributed by atoms with Crippen LogP contribution in [0.1, 0.15) is 12.8 Å². The molecule has 1 N–H and O–H groups in total. The molecule has 2 aromatic rings.